The van der Waals surface area contributed by atoms with Gasteiger partial charge in [0.05, 0.1) is 6.04 Å². The van der Waals surface area contributed by atoms with Crippen LogP contribution in [0.1, 0.15) is 6.92 Å². The highest BCUT2D eigenvalue weighted by molar-refractivity contribution is 5.03. The van der Waals surface area contributed by atoms with E-state index in [1.54, 1.807) is 6.92 Å². The third-order valence-electron chi connectivity index (χ3n) is 0.387. The Morgan fingerprint density at radius 3 is 2.88 bits per heavy atom. The van der Waals surface area contributed by atoms with Gasteiger partial charge in [-0.15, -0.1) is 0 Å². The molecule has 0 saturated heterocycles. The van der Waals surface area contributed by atoms with Gasteiger partial charge in [-0.25, -0.2) is 0 Å². The molecule has 0 spiro atoms. The fourth-order valence-corrected chi connectivity index (χ4v) is 0.153. The van der Waals surface area contributed by atoms with Crippen molar-refractivity contribution in [2.24, 2.45) is 10.8 Å². The van der Waals surface area contributed by atoms with Gasteiger partial charge in [0.25, 0.3) is 0 Å². The van der Waals surface area contributed by atoms with Crippen LogP contribution in [0.2, 0.25) is 0 Å². The zero-order valence-corrected chi connectivity index (χ0v) is 4.50. The Labute approximate surface area is 47.3 Å². The van der Waals surface area contributed by atoms with E-state index in [4.69, 9.17) is 11.3 Å². The van der Waals surface area contributed by atoms with Gasteiger partial charge in [-0.05, 0) is 23.6 Å². The molecule has 0 aliphatic carbocycles. The van der Waals surface area contributed by atoms with Crippen LogP contribution in [0.25, 0.3) is 10.4 Å². The molecule has 2 N–H and O–H groups in total. The van der Waals surface area contributed by atoms with Crippen LogP contribution in [-0.2, 0) is 0 Å². The molecule has 4 heteroatoms. The molecular formula is C4H6N4. The summed E-state index contributed by atoms with van der Waals surface area (Å²) in [6.45, 7) is 1.71. The topological polar surface area (TPSA) is 74.8 Å². The summed E-state index contributed by atoms with van der Waals surface area (Å²) in [5, 5.41) is 2.95. The summed E-state index contributed by atoms with van der Waals surface area (Å²) < 4.78 is 0. The van der Waals surface area contributed by atoms with Crippen LogP contribution in [-0.4, -0.2) is 6.04 Å². The Morgan fingerprint density at radius 2 is 2.50 bits per heavy atom. The van der Waals surface area contributed by atoms with E-state index in [2.05, 4.69) is 22.0 Å². The van der Waals surface area contributed by atoms with Crippen LogP contribution in [0, 0.1) is 12.0 Å². The first kappa shape index (κ1) is 6.83. The van der Waals surface area contributed by atoms with Crippen molar-refractivity contribution in [1.82, 2.24) is 0 Å². The second-order valence-electron chi connectivity index (χ2n) is 1.23. The maximum atomic E-state index is 7.69. The second kappa shape index (κ2) is 4.00. The summed E-state index contributed by atoms with van der Waals surface area (Å²) in [5.41, 5.74) is 12.9. The number of hydrogen-bond donors (Lipinski definition) is 1. The maximum absolute atomic E-state index is 7.69. The molecule has 1 unspecified atom stereocenters. The van der Waals surface area contributed by atoms with Gasteiger partial charge in [0.15, 0.2) is 0 Å². The zero-order valence-electron chi connectivity index (χ0n) is 4.50. The molecule has 0 bridgehead atoms. The summed E-state index contributed by atoms with van der Waals surface area (Å²) in [6.07, 6.45) is 0. The molecule has 42 valence electrons. The van der Waals surface area contributed by atoms with Gasteiger partial charge in [0.2, 0.25) is 0 Å². The average molecular weight is 110 g/mol. The number of rotatable bonds is 0. The molecule has 0 aromatic heterocycles. The fourth-order valence-electron chi connectivity index (χ4n) is 0.153. The Hall–Kier alpha value is -1.17. The standard InChI is InChI=1S/C4H6N4/c1-4(5)2-3-7-8-6/h4H,5H2,1H3. The molecule has 4 nitrogen and oxygen atoms in total. The first-order chi connectivity index (χ1) is 3.77. The van der Waals surface area contributed by atoms with E-state index in [0.717, 1.165) is 0 Å². The molecule has 1 atom stereocenters. The van der Waals surface area contributed by atoms with E-state index in [1.165, 1.54) is 0 Å². The third kappa shape index (κ3) is 4.83. The summed E-state index contributed by atoms with van der Waals surface area (Å²) in [7, 11) is 0. The summed E-state index contributed by atoms with van der Waals surface area (Å²) in [6, 6.07) is 1.95. The Balaban J connectivity index is 3.67. The van der Waals surface area contributed by atoms with Crippen molar-refractivity contribution in [3.05, 3.63) is 10.4 Å². The Bertz CT molecular complexity index is 155. The van der Waals surface area contributed by atoms with E-state index < -0.39 is 0 Å². The molecule has 0 heterocycles. The van der Waals surface area contributed by atoms with Gasteiger partial charge in [-0.3, -0.25) is 0 Å². The van der Waals surface area contributed by atoms with Crippen LogP contribution in [0.3, 0.4) is 0 Å². The van der Waals surface area contributed by atoms with Gasteiger partial charge in [0, 0.05) is 4.91 Å². The number of hydrogen-bond acceptors (Lipinski definition) is 2. The minimum atomic E-state index is -0.222. The fraction of sp³-hybridized carbons (Fsp3) is 0.500. The molecule has 0 aliphatic heterocycles. The van der Waals surface area contributed by atoms with Crippen LogP contribution in [0.4, 0.5) is 0 Å². The molecule has 0 aromatic carbocycles. The largest absolute Gasteiger partial charge is 0.318 e. The van der Waals surface area contributed by atoms with Crippen molar-refractivity contribution in [2.75, 3.05) is 0 Å². The van der Waals surface area contributed by atoms with Crippen molar-refractivity contribution < 1.29 is 0 Å². The minimum absolute atomic E-state index is 0.222. The number of nitrogens with zero attached hydrogens (tertiary/aromatic N) is 3. The van der Waals surface area contributed by atoms with Crippen molar-refractivity contribution in [3.8, 4) is 12.0 Å². The zero-order chi connectivity index (χ0) is 6.41. The van der Waals surface area contributed by atoms with Crippen molar-refractivity contribution in [3.63, 3.8) is 0 Å². The van der Waals surface area contributed by atoms with Gasteiger partial charge in [0.1, 0.15) is 0 Å². The normalized spacial score (nSPS) is 10.2. The monoisotopic (exact) mass is 110 g/mol. The lowest BCUT2D eigenvalue weighted by Crippen LogP contribution is -2.10. The Kier molecular flexibility index (Phi) is 3.42. The lowest BCUT2D eigenvalue weighted by Gasteiger charge is -1.83. The third-order valence-corrected chi connectivity index (χ3v) is 0.387. The summed E-state index contributed by atoms with van der Waals surface area (Å²) in [5.74, 6) is 2.45. The van der Waals surface area contributed by atoms with E-state index >= 15 is 0 Å². The van der Waals surface area contributed by atoms with Crippen molar-refractivity contribution in [1.29, 1.82) is 0 Å². The molecule has 0 rings (SSSR count). The highest BCUT2D eigenvalue weighted by atomic mass is 15.1. The van der Waals surface area contributed by atoms with Crippen molar-refractivity contribution >= 4 is 0 Å². The van der Waals surface area contributed by atoms with E-state index in [0.29, 0.717) is 0 Å². The van der Waals surface area contributed by atoms with Crippen LogP contribution in [0.15, 0.2) is 5.11 Å². The molecule has 0 aromatic rings. The van der Waals surface area contributed by atoms with E-state index in [9.17, 15) is 0 Å². The molecular weight excluding hydrogens is 104 g/mol. The van der Waals surface area contributed by atoms with Crippen LogP contribution >= 0.6 is 0 Å². The predicted molar refractivity (Wildman–Crippen MR) is 30.6 cm³/mol. The molecule has 0 radical (unpaired) electrons. The molecule has 8 heavy (non-hydrogen) atoms. The van der Waals surface area contributed by atoms with Gasteiger partial charge >= 0.3 is 0 Å². The second-order valence-corrected chi connectivity index (χ2v) is 1.23. The molecule has 0 aliphatic rings. The first-order valence-electron chi connectivity index (χ1n) is 2.07. The number of azide groups is 1. The SMILES string of the molecule is CC(N)C#CN=[N+]=[N-]. The van der Waals surface area contributed by atoms with E-state index in [-0.39, 0.29) is 6.04 Å². The average Bonchev–Trinajstić information content (AvgIpc) is 1.66. The maximum Gasteiger partial charge on any atom is 0.0639 e. The molecule has 0 fully saturated rings. The highest BCUT2D eigenvalue weighted by Gasteiger charge is 1.76. The quantitative estimate of drug-likeness (QED) is 0.211. The van der Waals surface area contributed by atoms with Crippen LogP contribution < -0.4 is 5.73 Å². The smallest absolute Gasteiger partial charge is 0.0639 e. The summed E-state index contributed by atoms with van der Waals surface area (Å²) in [4.78, 5) is 2.40. The van der Waals surface area contributed by atoms with E-state index in [1.807, 2.05) is 0 Å². The van der Waals surface area contributed by atoms with Gasteiger partial charge in [-0.1, -0.05) is 5.92 Å². The van der Waals surface area contributed by atoms with Gasteiger partial charge in [-0.2, -0.15) is 0 Å². The highest BCUT2D eigenvalue weighted by Crippen LogP contribution is 1.68. The molecule has 0 amide bonds. The number of nitrogens with two attached hydrogens (primary N) is 1. The first-order valence-corrected chi connectivity index (χ1v) is 2.07. The van der Waals surface area contributed by atoms with Crippen molar-refractivity contribution in [2.45, 2.75) is 13.0 Å². The minimum Gasteiger partial charge on any atom is -0.318 e. The lowest BCUT2D eigenvalue weighted by atomic mass is 10.4. The Morgan fingerprint density at radius 1 is 1.88 bits per heavy atom. The van der Waals surface area contributed by atoms with Crippen LogP contribution in [0.5, 0.6) is 0 Å². The summed E-state index contributed by atoms with van der Waals surface area (Å²) >= 11 is 0. The molecule has 0 saturated carbocycles. The predicted octanol–water partition coefficient (Wildman–Crippen LogP) is 0.605. The van der Waals surface area contributed by atoms with Gasteiger partial charge < -0.3 is 5.73 Å². The lowest BCUT2D eigenvalue weighted by molar-refractivity contribution is 0.958.